The van der Waals surface area contributed by atoms with Gasteiger partial charge in [-0.1, -0.05) is 30.3 Å². The molecule has 2 atom stereocenters. The minimum absolute atomic E-state index is 0.138. The van der Waals surface area contributed by atoms with Gasteiger partial charge in [0.1, 0.15) is 0 Å². The monoisotopic (exact) mass is 354 g/mol. The highest BCUT2D eigenvalue weighted by Crippen LogP contribution is 2.22. The van der Waals surface area contributed by atoms with Crippen molar-refractivity contribution in [3.8, 4) is 0 Å². The van der Waals surface area contributed by atoms with E-state index in [0.717, 1.165) is 6.26 Å². The van der Waals surface area contributed by atoms with Crippen molar-refractivity contribution in [2.75, 3.05) is 19.3 Å². The van der Waals surface area contributed by atoms with Crippen LogP contribution >= 0.6 is 0 Å². The van der Waals surface area contributed by atoms with Crippen molar-refractivity contribution in [2.45, 2.75) is 25.3 Å². The first kappa shape index (κ1) is 18.4. The molecule has 8 heteroatoms. The van der Waals surface area contributed by atoms with Crippen molar-refractivity contribution in [1.82, 2.24) is 9.62 Å². The number of carboxylic acids is 1. The maximum Gasteiger partial charge on any atom is 0.305 e. The van der Waals surface area contributed by atoms with Crippen LogP contribution in [0.5, 0.6) is 0 Å². The summed E-state index contributed by atoms with van der Waals surface area (Å²) in [5, 5.41) is 11.8. The summed E-state index contributed by atoms with van der Waals surface area (Å²) in [5.74, 6) is -1.78. The van der Waals surface area contributed by atoms with Gasteiger partial charge < -0.3 is 10.4 Å². The number of benzene rings is 1. The lowest BCUT2D eigenvalue weighted by Gasteiger charge is -2.31. The Morgan fingerprint density at radius 3 is 2.58 bits per heavy atom. The number of amides is 1. The van der Waals surface area contributed by atoms with Gasteiger partial charge in [0.05, 0.1) is 24.6 Å². The van der Waals surface area contributed by atoms with Crippen molar-refractivity contribution < 1.29 is 23.1 Å². The van der Waals surface area contributed by atoms with Gasteiger partial charge in [-0.2, -0.15) is 0 Å². The van der Waals surface area contributed by atoms with Crippen LogP contribution in [0.3, 0.4) is 0 Å². The summed E-state index contributed by atoms with van der Waals surface area (Å²) in [7, 11) is -3.33. The lowest BCUT2D eigenvalue weighted by atomic mass is 9.97. The summed E-state index contributed by atoms with van der Waals surface area (Å²) in [6.45, 7) is 0.555. The summed E-state index contributed by atoms with van der Waals surface area (Å²) < 4.78 is 24.6. The number of carboxylic acid groups (broad SMARTS) is 1. The Hall–Kier alpha value is -1.93. The number of piperidine rings is 1. The zero-order valence-electron chi connectivity index (χ0n) is 13.5. The number of carbonyl (C=O) groups excluding carboxylic acids is 1. The quantitative estimate of drug-likeness (QED) is 0.793. The van der Waals surface area contributed by atoms with Crippen LogP contribution in [0.25, 0.3) is 0 Å². The van der Waals surface area contributed by atoms with Gasteiger partial charge >= 0.3 is 5.97 Å². The van der Waals surface area contributed by atoms with Gasteiger partial charge in [0.25, 0.3) is 0 Å². The first-order chi connectivity index (χ1) is 11.3. The van der Waals surface area contributed by atoms with Crippen molar-refractivity contribution in [1.29, 1.82) is 0 Å². The highest BCUT2D eigenvalue weighted by Gasteiger charge is 2.31. The van der Waals surface area contributed by atoms with E-state index < -0.39 is 28.0 Å². The number of nitrogens with one attached hydrogen (secondary N) is 1. The van der Waals surface area contributed by atoms with Crippen LogP contribution in [0, 0.1) is 5.92 Å². The van der Waals surface area contributed by atoms with Crippen LogP contribution in [0.15, 0.2) is 30.3 Å². The second-order valence-corrected chi connectivity index (χ2v) is 8.01. The summed E-state index contributed by atoms with van der Waals surface area (Å²) in [4.78, 5) is 23.6. The molecule has 2 rings (SSSR count). The van der Waals surface area contributed by atoms with E-state index in [1.807, 2.05) is 6.07 Å². The van der Waals surface area contributed by atoms with Crippen molar-refractivity contribution in [2.24, 2.45) is 5.92 Å². The molecule has 1 aromatic rings. The molecule has 1 amide bonds. The fourth-order valence-electron chi connectivity index (χ4n) is 2.86. The number of hydrogen-bond acceptors (Lipinski definition) is 4. The molecule has 1 saturated heterocycles. The zero-order valence-corrected chi connectivity index (χ0v) is 14.3. The molecular weight excluding hydrogens is 332 g/mol. The SMILES string of the molecule is CS(=O)(=O)N1CCC[C@@H](C(=O)N[C@@H](CC(=O)O)c2ccccc2)C1. The molecule has 132 valence electrons. The molecule has 0 aliphatic carbocycles. The highest BCUT2D eigenvalue weighted by atomic mass is 32.2. The van der Waals surface area contributed by atoms with E-state index in [-0.39, 0.29) is 18.9 Å². The molecule has 0 bridgehead atoms. The van der Waals surface area contributed by atoms with E-state index >= 15 is 0 Å². The molecular formula is C16H22N2O5S. The predicted molar refractivity (Wildman–Crippen MR) is 88.7 cm³/mol. The average molecular weight is 354 g/mol. The van der Waals surface area contributed by atoms with Crippen LogP contribution in [0.2, 0.25) is 0 Å². The van der Waals surface area contributed by atoms with Crippen LogP contribution in [-0.4, -0.2) is 49.1 Å². The second-order valence-electron chi connectivity index (χ2n) is 6.03. The smallest absolute Gasteiger partial charge is 0.305 e. The first-order valence-electron chi connectivity index (χ1n) is 7.79. The third-order valence-corrected chi connectivity index (χ3v) is 5.39. The van der Waals surface area contributed by atoms with Gasteiger partial charge in [-0.3, -0.25) is 9.59 Å². The average Bonchev–Trinajstić information content (AvgIpc) is 2.54. The van der Waals surface area contributed by atoms with E-state index in [2.05, 4.69) is 5.32 Å². The molecule has 1 aromatic carbocycles. The summed E-state index contributed by atoms with van der Waals surface area (Å²) in [5.41, 5.74) is 0.712. The normalized spacial score (nSPS) is 20.3. The lowest BCUT2D eigenvalue weighted by molar-refractivity contribution is -0.138. The van der Waals surface area contributed by atoms with E-state index in [1.165, 1.54) is 4.31 Å². The van der Waals surface area contributed by atoms with Crippen LogP contribution in [0.4, 0.5) is 0 Å². The number of nitrogens with zero attached hydrogens (tertiary/aromatic N) is 1. The van der Waals surface area contributed by atoms with Crippen molar-refractivity contribution >= 4 is 21.9 Å². The Morgan fingerprint density at radius 1 is 1.33 bits per heavy atom. The molecule has 0 aromatic heterocycles. The molecule has 1 heterocycles. The molecule has 1 aliphatic rings. The van der Waals surface area contributed by atoms with Crippen LogP contribution < -0.4 is 5.32 Å². The van der Waals surface area contributed by atoms with Gasteiger partial charge in [0.15, 0.2) is 0 Å². The van der Waals surface area contributed by atoms with E-state index in [9.17, 15) is 18.0 Å². The second kappa shape index (κ2) is 7.76. The van der Waals surface area contributed by atoms with Gasteiger partial charge in [0.2, 0.25) is 15.9 Å². The molecule has 0 spiro atoms. The molecule has 1 aliphatic heterocycles. The van der Waals surface area contributed by atoms with Crippen LogP contribution in [0.1, 0.15) is 30.9 Å². The standard InChI is InChI=1S/C16H22N2O5S/c1-24(22,23)18-9-5-8-13(11-18)16(21)17-14(10-15(19)20)12-6-3-2-4-7-12/h2-4,6-7,13-14H,5,8-11H2,1H3,(H,17,21)(H,19,20)/t13-,14+/m1/s1. The van der Waals surface area contributed by atoms with Crippen molar-refractivity contribution in [3.63, 3.8) is 0 Å². The van der Waals surface area contributed by atoms with Gasteiger partial charge in [-0.25, -0.2) is 12.7 Å². The first-order valence-corrected chi connectivity index (χ1v) is 9.64. The van der Waals surface area contributed by atoms with E-state index in [4.69, 9.17) is 5.11 Å². The number of sulfonamides is 1. The fraction of sp³-hybridized carbons (Fsp3) is 0.500. The largest absolute Gasteiger partial charge is 0.481 e. The Labute approximate surface area is 141 Å². The number of aliphatic carboxylic acids is 1. The Bertz CT molecular complexity index is 690. The molecule has 1 fully saturated rings. The molecule has 0 radical (unpaired) electrons. The number of rotatable bonds is 6. The summed E-state index contributed by atoms with van der Waals surface area (Å²) in [6, 6.07) is 8.26. The summed E-state index contributed by atoms with van der Waals surface area (Å²) in [6.07, 6.45) is 2.11. The van der Waals surface area contributed by atoms with Crippen LogP contribution in [-0.2, 0) is 19.6 Å². The van der Waals surface area contributed by atoms with Gasteiger partial charge in [-0.05, 0) is 18.4 Å². The summed E-state index contributed by atoms with van der Waals surface area (Å²) >= 11 is 0. The molecule has 0 saturated carbocycles. The minimum atomic E-state index is -3.33. The van der Waals surface area contributed by atoms with Crippen molar-refractivity contribution in [3.05, 3.63) is 35.9 Å². The lowest BCUT2D eigenvalue weighted by Crippen LogP contribution is -2.45. The molecule has 0 unspecified atom stereocenters. The van der Waals surface area contributed by atoms with E-state index in [0.29, 0.717) is 24.9 Å². The number of hydrogen-bond donors (Lipinski definition) is 2. The molecule has 2 N–H and O–H groups in total. The third-order valence-electron chi connectivity index (χ3n) is 4.12. The maximum absolute atomic E-state index is 12.5. The molecule has 7 nitrogen and oxygen atoms in total. The predicted octanol–water partition coefficient (Wildman–Crippen LogP) is 0.990. The fourth-order valence-corrected chi connectivity index (χ4v) is 3.77. The highest BCUT2D eigenvalue weighted by molar-refractivity contribution is 7.88. The van der Waals surface area contributed by atoms with Gasteiger partial charge in [-0.15, -0.1) is 0 Å². The molecule has 24 heavy (non-hydrogen) atoms. The minimum Gasteiger partial charge on any atom is -0.481 e. The maximum atomic E-state index is 12.5. The van der Waals surface area contributed by atoms with Gasteiger partial charge in [0, 0.05) is 13.1 Å². The third kappa shape index (κ3) is 5.04. The zero-order chi connectivity index (χ0) is 17.7. The van der Waals surface area contributed by atoms with E-state index in [1.54, 1.807) is 24.3 Å². The number of carbonyl (C=O) groups is 2. The topological polar surface area (TPSA) is 104 Å². The Kier molecular flexibility index (Phi) is 5.95. The Balaban J connectivity index is 2.08. The Morgan fingerprint density at radius 2 is 2.00 bits per heavy atom.